The first-order valence-corrected chi connectivity index (χ1v) is 9.54. The molecule has 0 saturated carbocycles. The van der Waals surface area contributed by atoms with Gasteiger partial charge in [-0.1, -0.05) is 48.5 Å². The molecule has 5 nitrogen and oxygen atoms in total. The zero-order valence-electron chi connectivity index (χ0n) is 14.3. The summed E-state index contributed by atoms with van der Waals surface area (Å²) in [7, 11) is -3.96. The van der Waals surface area contributed by atoms with Crippen LogP contribution in [0.15, 0.2) is 70.0 Å². The first-order valence-electron chi connectivity index (χ1n) is 8.13. The summed E-state index contributed by atoms with van der Waals surface area (Å²) >= 11 is 0. The van der Waals surface area contributed by atoms with E-state index in [0.717, 1.165) is 16.2 Å². The highest BCUT2D eigenvalue weighted by molar-refractivity contribution is 7.86. The number of fused-ring (bicyclic) bond motifs is 3. The lowest BCUT2D eigenvalue weighted by Crippen LogP contribution is -2.13. The van der Waals surface area contributed by atoms with Gasteiger partial charge in [0.1, 0.15) is 17.0 Å². The van der Waals surface area contributed by atoms with Crippen molar-refractivity contribution in [2.75, 3.05) is 5.48 Å². The average Bonchev–Trinajstić information content (AvgIpc) is 2.96. The number of hydrogen-bond acceptors (Lipinski definition) is 5. The maximum Gasteiger partial charge on any atom is 0.317 e. The largest absolute Gasteiger partial charge is 0.459 e. The molecule has 26 heavy (non-hydrogen) atoms. The summed E-state index contributed by atoms with van der Waals surface area (Å²) in [6, 6.07) is 18.4. The van der Waals surface area contributed by atoms with Crippen LogP contribution >= 0.6 is 0 Å². The number of hydrogen-bond donors (Lipinski definition) is 1. The van der Waals surface area contributed by atoms with Crippen molar-refractivity contribution in [2.45, 2.75) is 18.7 Å². The minimum absolute atomic E-state index is 0.128. The Morgan fingerprint density at radius 3 is 2.46 bits per heavy atom. The third-order valence-corrected chi connectivity index (χ3v) is 5.67. The summed E-state index contributed by atoms with van der Waals surface area (Å²) in [6.07, 6.45) is 0. The fourth-order valence-corrected chi connectivity index (χ4v) is 4.08. The Morgan fingerprint density at radius 1 is 0.923 bits per heavy atom. The lowest BCUT2D eigenvalue weighted by Gasteiger charge is -2.09. The fraction of sp³-hybridized carbons (Fsp3) is 0.100. The Kier molecular flexibility index (Phi) is 3.94. The van der Waals surface area contributed by atoms with Gasteiger partial charge in [0.05, 0.1) is 10.3 Å². The number of rotatable bonds is 4. The Morgan fingerprint density at radius 2 is 1.65 bits per heavy atom. The van der Waals surface area contributed by atoms with Gasteiger partial charge in [-0.2, -0.15) is 8.42 Å². The van der Waals surface area contributed by atoms with Crippen molar-refractivity contribution in [2.24, 2.45) is 0 Å². The second-order valence-corrected chi connectivity index (χ2v) is 7.61. The van der Waals surface area contributed by atoms with E-state index >= 15 is 0 Å². The molecule has 4 rings (SSSR count). The van der Waals surface area contributed by atoms with Crippen LogP contribution < -0.4 is 5.48 Å². The normalized spacial score (nSPS) is 11.9. The molecule has 0 aliphatic carbocycles. The second-order valence-electron chi connectivity index (χ2n) is 6.10. The lowest BCUT2D eigenvalue weighted by atomic mass is 10.1. The van der Waals surface area contributed by atoms with Crippen LogP contribution in [0.25, 0.3) is 21.7 Å². The van der Waals surface area contributed by atoms with Gasteiger partial charge in [-0.05, 0) is 42.3 Å². The molecule has 0 unspecified atom stereocenters. The summed E-state index contributed by atoms with van der Waals surface area (Å²) in [5.74, 6) is 0.552. The Labute approximate surface area is 151 Å². The predicted octanol–water partition coefficient (Wildman–Crippen LogP) is 4.94. The zero-order chi connectivity index (χ0) is 18.3. The van der Waals surface area contributed by atoms with E-state index in [1.165, 1.54) is 6.07 Å². The van der Waals surface area contributed by atoms with E-state index in [4.69, 9.17) is 8.70 Å². The fourth-order valence-electron chi connectivity index (χ4n) is 3.09. The molecule has 4 aromatic rings. The molecule has 0 aliphatic heterocycles. The van der Waals surface area contributed by atoms with E-state index in [1.54, 1.807) is 32.0 Å². The molecule has 0 bridgehead atoms. The van der Waals surface area contributed by atoms with E-state index in [1.807, 2.05) is 36.4 Å². The Balaban J connectivity index is 1.77. The number of furan rings is 1. The van der Waals surface area contributed by atoms with E-state index in [9.17, 15) is 8.42 Å². The van der Waals surface area contributed by atoms with Gasteiger partial charge in [0.15, 0.2) is 0 Å². The highest BCUT2D eigenvalue weighted by Crippen LogP contribution is 2.36. The molecule has 0 aliphatic rings. The summed E-state index contributed by atoms with van der Waals surface area (Å²) in [6.45, 7) is 3.49. The third-order valence-electron chi connectivity index (χ3n) is 4.37. The molecule has 1 N–H and O–H groups in total. The van der Waals surface area contributed by atoms with Crippen molar-refractivity contribution in [3.63, 3.8) is 0 Å². The Bertz CT molecular complexity index is 1230. The number of anilines is 1. The van der Waals surface area contributed by atoms with Gasteiger partial charge >= 0.3 is 10.1 Å². The SMILES string of the molecule is Cc1ccccc1S(=O)(=O)ONc1c(C)oc2ccc3ccccc3c12. The first kappa shape index (κ1) is 16.6. The maximum absolute atomic E-state index is 12.5. The third kappa shape index (κ3) is 2.73. The van der Waals surface area contributed by atoms with Crippen LogP contribution in [0.1, 0.15) is 11.3 Å². The van der Waals surface area contributed by atoms with Gasteiger partial charge in [-0.3, -0.25) is 0 Å². The van der Waals surface area contributed by atoms with Crippen molar-refractivity contribution < 1.29 is 17.1 Å². The van der Waals surface area contributed by atoms with Crippen LogP contribution in [0.5, 0.6) is 0 Å². The molecule has 6 heteroatoms. The van der Waals surface area contributed by atoms with Gasteiger partial charge in [-0.15, -0.1) is 4.28 Å². The molecule has 3 aromatic carbocycles. The highest BCUT2D eigenvalue weighted by atomic mass is 32.2. The minimum Gasteiger partial charge on any atom is -0.459 e. The van der Waals surface area contributed by atoms with Gasteiger partial charge < -0.3 is 4.42 Å². The van der Waals surface area contributed by atoms with Crippen LogP contribution in [-0.2, 0) is 14.4 Å². The molecule has 0 amide bonds. The van der Waals surface area contributed by atoms with Crippen LogP contribution in [0.3, 0.4) is 0 Å². The summed E-state index contributed by atoms with van der Waals surface area (Å²) in [5, 5.41) is 2.78. The molecular weight excluding hydrogens is 350 g/mol. The molecule has 1 heterocycles. The van der Waals surface area contributed by atoms with Gasteiger partial charge in [-0.25, -0.2) is 5.48 Å². The van der Waals surface area contributed by atoms with Gasteiger partial charge in [0, 0.05) is 0 Å². The van der Waals surface area contributed by atoms with E-state index in [2.05, 4.69) is 5.48 Å². The topological polar surface area (TPSA) is 68.5 Å². The summed E-state index contributed by atoms with van der Waals surface area (Å²) < 4.78 is 36.0. The molecule has 0 fully saturated rings. The summed E-state index contributed by atoms with van der Waals surface area (Å²) in [4.78, 5) is 0.128. The molecule has 0 spiro atoms. The molecule has 0 radical (unpaired) electrons. The summed E-state index contributed by atoms with van der Waals surface area (Å²) in [5.41, 5.74) is 4.41. The molecular formula is C20H17NO4S. The van der Waals surface area contributed by atoms with Crippen LogP contribution in [0.2, 0.25) is 0 Å². The van der Waals surface area contributed by atoms with E-state index in [0.29, 0.717) is 22.6 Å². The van der Waals surface area contributed by atoms with Crippen molar-refractivity contribution in [3.8, 4) is 0 Å². The Hall–Kier alpha value is -2.83. The smallest absolute Gasteiger partial charge is 0.317 e. The molecule has 1 aromatic heterocycles. The number of aryl methyl sites for hydroxylation is 2. The molecule has 0 saturated heterocycles. The van der Waals surface area contributed by atoms with Crippen LogP contribution in [-0.4, -0.2) is 8.42 Å². The van der Waals surface area contributed by atoms with Crippen molar-refractivity contribution >= 4 is 37.5 Å². The first-order chi connectivity index (χ1) is 12.5. The van der Waals surface area contributed by atoms with Gasteiger partial charge in [0.2, 0.25) is 0 Å². The number of nitrogens with one attached hydrogen (secondary N) is 1. The highest BCUT2D eigenvalue weighted by Gasteiger charge is 2.21. The standard InChI is InChI=1S/C20H17NO4S/c1-13-7-3-6-10-18(13)26(22,23)25-21-20-14(2)24-17-12-11-15-8-4-5-9-16(15)19(17)20/h3-12,21H,1-2H3. The van der Waals surface area contributed by atoms with Crippen molar-refractivity contribution in [3.05, 3.63) is 72.0 Å². The van der Waals surface area contributed by atoms with Crippen molar-refractivity contribution in [1.29, 1.82) is 0 Å². The van der Waals surface area contributed by atoms with Crippen LogP contribution in [0, 0.1) is 13.8 Å². The lowest BCUT2D eigenvalue weighted by molar-refractivity contribution is 0.389. The minimum atomic E-state index is -3.96. The van der Waals surface area contributed by atoms with E-state index < -0.39 is 10.1 Å². The molecule has 0 atom stereocenters. The quantitative estimate of drug-likeness (QED) is 0.518. The average molecular weight is 367 g/mol. The predicted molar refractivity (Wildman–Crippen MR) is 102 cm³/mol. The maximum atomic E-state index is 12.5. The van der Waals surface area contributed by atoms with E-state index in [-0.39, 0.29) is 4.90 Å². The molecule has 132 valence electrons. The second kappa shape index (κ2) is 6.16. The van der Waals surface area contributed by atoms with Crippen molar-refractivity contribution in [1.82, 2.24) is 0 Å². The monoisotopic (exact) mass is 367 g/mol. The van der Waals surface area contributed by atoms with Gasteiger partial charge in [0.25, 0.3) is 0 Å². The van der Waals surface area contributed by atoms with Crippen LogP contribution in [0.4, 0.5) is 5.69 Å². The zero-order valence-corrected chi connectivity index (χ0v) is 15.1. The number of benzene rings is 3.